The lowest BCUT2D eigenvalue weighted by molar-refractivity contribution is -0.165. The summed E-state index contributed by atoms with van der Waals surface area (Å²) in [7, 11) is 0. The number of hydrogen-bond acceptors (Lipinski definition) is 9. The molecular formula is C22H18O12. The van der Waals surface area contributed by atoms with Gasteiger partial charge in [0.25, 0.3) is 0 Å². The van der Waals surface area contributed by atoms with Gasteiger partial charge in [0.05, 0.1) is 17.9 Å². The molecule has 0 spiro atoms. The van der Waals surface area contributed by atoms with Crippen molar-refractivity contribution in [2.75, 3.05) is 0 Å². The van der Waals surface area contributed by atoms with Crippen LogP contribution in [0.3, 0.4) is 0 Å². The van der Waals surface area contributed by atoms with E-state index < -0.39 is 76.8 Å². The fourth-order valence-corrected chi connectivity index (χ4v) is 3.72. The summed E-state index contributed by atoms with van der Waals surface area (Å²) in [5, 5.41) is 67.4. The van der Waals surface area contributed by atoms with Crippen LogP contribution in [0, 0.1) is 5.92 Å². The molecular weight excluding hydrogens is 456 g/mol. The van der Waals surface area contributed by atoms with Gasteiger partial charge in [-0.3, -0.25) is 9.59 Å². The molecule has 2 aromatic carbocycles. The molecule has 34 heavy (non-hydrogen) atoms. The highest BCUT2D eigenvalue weighted by atomic mass is 16.6. The molecule has 0 bridgehead atoms. The van der Waals surface area contributed by atoms with Gasteiger partial charge < -0.3 is 40.5 Å². The van der Waals surface area contributed by atoms with Crippen molar-refractivity contribution in [2.45, 2.75) is 18.4 Å². The Morgan fingerprint density at radius 1 is 0.853 bits per heavy atom. The maximum Gasteiger partial charge on any atom is 0.345 e. The highest BCUT2D eigenvalue weighted by Gasteiger charge is 2.43. The van der Waals surface area contributed by atoms with Crippen LogP contribution in [0.15, 0.2) is 35.9 Å². The molecule has 12 heteroatoms. The minimum atomic E-state index is -2.11. The Kier molecular flexibility index (Phi) is 6.34. The van der Waals surface area contributed by atoms with E-state index in [1.54, 1.807) is 0 Å². The third kappa shape index (κ3) is 4.55. The molecule has 12 nitrogen and oxygen atoms in total. The number of aliphatic carboxylic acids is 3. The van der Waals surface area contributed by atoms with E-state index in [4.69, 9.17) is 14.9 Å². The van der Waals surface area contributed by atoms with Crippen molar-refractivity contribution in [1.82, 2.24) is 0 Å². The van der Waals surface area contributed by atoms with E-state index in [2.05, 4.69) is 0 Å². The van der Waals surface area contributed by atoms with E-state index in [1.807, 2.05) is 0 Å². The van der Waals surface area contributed by atoms with E-state index in [-0.39, 0.29) is 16.7 Å². The second-order valence-electron chi connectivity index (χ2n) is 7.44. The first-order valence-electron chi connectivity index (χ1n) is 9.58. The molecule has 0 saturated heterocycles. The largest absolute Gasteiger partial charge is 0.504 e. The first kappa shape index (κ1) is 23.9. The normalized spacial score (nSPS) is 17.7. The van der Waals surface area contributed by atoms with Crippen LogP contribution in [0.1, 0.15) is 29.0 Å². The van der Waals surface area contributed by atoms with Crippen LogP contribution in [0.5, 0.6) is 23.0 Å². The predicted molar refractivity (Wildman–Crippen MR) is 110 cm³/mol. The number of hydrogen-bond donors (Lipinski definition) is 7. The van der Waals surface area contributed by atoms with Crippen LogP contribution >= 0.6 is 0 Å². The SMILES string of the molecule is O=C(O)CC(OC(=O)C1=Cc2cc(O)c(O)cc2C(c2ccc(O)c(O)c2)C1C(=O)O)C(=O)O. The third-order valence-electron chi connectivity index (χ3n) is 5.24. The average molecular weight is 474 g/mol. The number of carbonyl (C=O) groups excluding carboxylic acids is 1. The standard InChI is InChI=1S/C22H18O12/c23-12-2-1-8(4-13(12)24)18-10-6-15(26)14(25)5-9(10)3-11(19(18)21(31)32)22(33)34-16(20(29)30)7-17(27)28/h1-6,16,18-19,23-26H,7H2,(H,27,28)(H,29,30)(H,31,32). The Morgan fingerprint density at radius 3 is 2.03 bits per heavy atom. The van der Waals surface area contributed by atoms with E-state index in [0.29, 0.717) is 0 Å². The monoisotopic (exact) mass is 474 g/mol. The zero-order chi connectivity index (χ0) is 25.3. The first-order valence-corrected chi connectivity index (χ1v) is 9.58. The van der Waals surface area contributed by atoms with Gasteiger partial charge in [-0.15, -0.1) is 0 Å². The molecule has 3 rings (SSSR count). The van der Waals surface area contributed by atoms with E-state index in [0.717, 1.165) is 30.3 Å². The molecule has 3 unspecified atom stereocenters. The van der Waals surface area contributed by atoms with Gasteiger partial charge in [-0.25, -0.2) is 9.59 Å². The fourth-order valence-electron chi connectivity index (χ4n) is 3.72. The highest BCUT2D eigenvalue weighted by molar-refractivity contribution is 6.02. The van der Waals surface area contributed by atoms with Crippen molar-refractivity contribution in [3.63, 3.8) is 0 Å². The Balaban J connectivity index is 2.19. The average Bonchev–Trinajstić information content (AvgIpc) is 2.74. The van der Waals surface area contributed by atoms with Crippen LogP contribution in [0.4, 0.5) is 0 Å². The van der Waals surface area contributed by atoms with Crippen molar-refractivity contribution in [3.05, 3.63) is 52.6 Å². The van der Waals surface area contributed by atoms with Crippen LogP contribution in [-0.2, 0) is 23.9 Å². The lowest BCUT2D eigenvalue weighted by Crippen LogP contribution is -2.35. The molecule has 1 aliphatic rings. The molecule has 0 amide bonds. The van der Waals surface area contributed by atoms with Crippen LogP contribution in [0.25, 0.3) is 6.08 Å². The summed E-state index contributed by atoms with van der Waals surface area (Å²) in [6.07, 6.45) is -2.16. The van der Waals surface area contributed by atoms with Gasteiger partial charge in [-0.05, 0) is 47.0 Å². The number of esters is 1. The zero-order valence-corrected chi connectivity index (χ0v) is 17.1. The van der Waals surface area contributed by atoms with Crippen LogP contribution in [-0.4, -0.2) is 65.7 Å². The predicted octanol–water partition coefficient (Wildman–Crippen LogP) is 1.21. The minimum Gasteiger partial charge on any atom is -0.504 e. The van der Waals surface area contributed by atoms with Gasteiger partial charge >= 0.3 is 23.9 Å². The molecule has 0 heterocycles. The second-order valence-corrected chi connectivity index (χ2v) is 7.44. The molecule has 0 fully saturated rings. The number of ether oxygens (including phenoxy) is 1. The number of phenolic OH excluding ortho intramolecular Hbond substituents is 4. The number of fused-ring (bicyclic) bond motifs is 1. The molecule has 0 saturated carbocycles. The van der Waals surface area contributed by atoms with Gasteiger partial charge in [0, 0.05) is 5.92 Å². The van der Waals surface area contributed by atoms with Gasteiger partial charge in [0.2, 0.25) is 6.10 Å². The molecule has 0 aliphatic heterocycles. The van der Waals surface area contributed by atoms with Crippen LogP contribution < -0.4 is 0 Å². The van der Waals surface area contributed by atoms with Gasteiger partial charge in [-0.1, -0.05) is 6.07 Å². The maximum atomic E-state index is 12.9. The Hall–Kier alpha value is -4.74. The van der Waals surface area contributed by atoms with Crippen molar-refractivity contribution in [3.8, 4) is 23.0 Å². The van der Waals surface area contributed by atoms with E-state index >= 15 is 0 Å². The summed E-state index contributed by atoms with van der Waals surface area (Å²) in [5.41, 5.74) is -0.279. The summed E-state index contributed by atoms with van der Waals surface area (Å²) in [4.78, 5) is 47.4. The van der Waals surface area contributed by atoms with Crippen molar-refractivity contribution in [1.29, 1.82) is 0 Å². The highest BCUT2D eigenvalue weighted by Crippen LogP contribution is 2.47. The Bertz CT molecular complexity index is 1230. The number of phenols is 4. The maximum absolute atomic E-state index is 12.9. The lowest BCUT2D eigenvalue weighted by Gasteiger charge is -2.32. The molecule has 0 aromatic heterocycles. The Labute approximate surface area is 190 Å². The van der Waals surface area contributed by atoms with Crippen molar-refractivity contribution >= 4 is 30.0 Å². The van der Waals surface area contributed by atoms with Gasteiger partial charge in [-0.2, -0.15) is 0 Å². The first-order chi connectivity index (χ1) is 15.9. The second kappa shape index (κ2) is 9.02. The summed E-state index contributed by atoms with van der Waals surface area (Å²) in [6, 6.07) is 5.49. The van der Waals surface area contributed by atoms with E-state index in [9.17, 15) is 44.7 Å². The smallest absolute Gasteiger partial charge is 0.345 e. The number of carbonyl (C=O) groups is 4. The number of aromatic hydroxyl groups is 4. The minimum absolute atomic E-state index is 0.0717. The molecule has 0 radical (unpaired) electrons. The number of carboxylic acid groups (broad SMARTS) is 3. The summed E-state index contributed by atoms with van der Waals surface area (Å²) < 4.78 is 4.79. The number of rotatable bonds is 7. The Morgan fingerprint density at radius 2 is 1.47 bits per heavy atom. The molecule has 3 atom stereocenters. The number of carboxylic acids is 3. The topological polar surface area (TPSA) is 219 Å². The van der Waals surface area contributed by atoms with Gasteiger partial charge in [0.15, 0.2) is 23.0 Å². The molecule has 2 aromatic rings. The molecule has 178 valence electrons. The quantitative estimate of drug-likeness (QED) is 0.222. The molecule has 1 aliphatic carbocycles. The lowest BCUT2D eigenvalue weighted by atomic mass is 9.71. The summed E-state index contributed by atoms with van der Waals surface area (Å²) in [6.45, 7) is 0. The molecule has 7 N–H and O–H groups in total. The fraction of sp³-hybridized carbons (Fsp3) is 0.182. The van der Waals surface area contributed by atoms with Gasteiger partial charge in [0.1, 0.15) is 0 Å². The van der Waals surface area contributed by atoms with Crippen molar-refractivity contribution < 1.29 is 59.7 Å². The van der Waals surface area contributed by atoms with Crippen LogP contribution in [0.2, 0.25) is 0 Å². The summed E-state index contributed by atoms with van der Waals surface area (Å²) in [5.74, 6) is -11.6. The summed E-state index contributed by atoms with van der Waals surface area (Å²) >= 11 is 0. The number of benzene rings is 2. The van der Waals surface area contributed by atoms with Crippen molar-refractivity contribution in [2.24, 2.45) is 5.92 Å². The van der Waals surface area contributed by atoms with E-state index in [1.165, 1.54) is 6.07 Å². The third-order valence-corrected chi connectivity index (χ3v) is 5.24. The zero-order valence-electron chi connectivity index (χ0n) is 17.1.